The number of halogens is 1. The molecular formula is C17H14FN3O2S. The Morgan fingerprint density at radius 1 is 1.25 bits per heavy atom. The van der Waals surface area contributed by atoms with Crippen LogP contribution in [0, 0.1) is 5.82 Å². The lowest BCUT2D eigenvalue weighted by atomic mass is 10.1. The summed E-state index contributed by atoms with van der Waals surface area (Å²) in [5.41, 5.74) is 0.981. The van der Waals surface area contributed by atoms with E-state index in [-0.39, 0.29) is 11.5 Å². The number of thiophene rings is 1. The summed E-state index contributed by atoms with van der Waals surface area (Å²) < 4.78 is 12.8. The zero-order chi connectivity index (χ0) is 16.9. The van der Waals surface area contributed by atoms with Crippen LogP contribution in [0.2, 0.25) is 0 Å². The average Bonchev–Trinajstić information content (AvgIpc) is 3.10. The largest absolute Gasteiger partial charge is 0.350 e. The lowest BCUT2D eigenvalue weighted by Crippen LogP contribution is -2.29. The number of carbonyl (C=O) groups is 1. The molecule has 0 spiro atoms. The van der Waals surface area contributed by atoms with Gasteiger partial charge < -0.3 is 10.3 Å². The molecule has 0 fully saturated rings. The fourth-order valence-electron chi connectivity index (χ4n) is 2.20. The normalized spacial score (nSPS) is 10.5. The second-order valence-corrected chi connectivity index (χ2v) is 6.04. The molecule has 0 atom stereocenters. The molecule has 7 heteroatoms. The van der Waals surface area contributed by atoms with Crippen LogP contribution in [0.25, 0.3) is 10.6 Å². The highest BCUT2D eigenvalue weighted by Gasteiger charge is 2.11. The minimum Gasteiger partial charge on any atom is -0.350 e. The summed E-state index contributed by atoms with van der Waals surface area (Å²) in [5, 5.41) is 4.60. The van der Waals surface area contributed by atoms with Gasteiger partial charge in [0.25, 0.3) is 5.91 Å². The first kappa shape index (κ1) is 16.1. The van der Waals surface area contributed by atoms with Gasteiger partial charge >= 0.3 is 5.69 Å². The van der Waals surface area contributed by atoms with Crippen LogP contribution in [0.3, 0.4) is 0 Å². The van der Waals surface area contributed by atoms with E-state index in [0.717, 1.165) is 10.4 Å². The molecule has 1 amide bonds. The summed E-state index contributed by atoms with van der Waals surface area (Å²) >= 11 is 1.46. The van der Waals surface area contributed by atoms with Crippen LogP contribution < -0.4 is 11.0 Å². The maximum Gasteiger partial charge on any atom is 0.346 e. The second kappa shape index (κ2) is 7.18. The SMILES string of the molecule is O=C(NCCc1ccc(F)cc1)c1cc(-c2cccs2)[nH]c(=O)n1. The van der Waals surface area contributed by atoms with Crippen molar-refractivity contribution in [2.75, 3.05) is 6.54 Å². The van der Waals surface area contributed by atoms with Gasteiger partial charge in [0.1, 0.15) is 11.5 Å². The number of amides is 1. The highest BCUT2D eigenvalue weighted by atomic mass is 32.1. The molecule has 5 nitrogen and oxygen atoms in total. The number of aromatic amines is 1. The number of benzene rings is 1. The van der Waals surface area contributed by atoms with E-state index in [0.29, 0.717) is 18.7 Å². The Hall–Kier alpha value is -2.80. The van der Waals surface area contributed by atoms with Crippen molar-refractivity contribution in [2.24, 2.45) is 0 Å². The van der Waals surface area contributed by atoms with Gasteiger partial charge in [0.05, 0.1) is 10.6 Å². The predicted octanol–water partition coefficient (Wildman–Crippen LogP) is 2.61. The molecule has 2 heterocycles. The summed E-state index contributed by atoms with van der Waals surface area (Å²) in [6.45, 7) is 0.368. The first-order valence-electron chi connectivity index (χ1n) is 7.30. The molecule has 0 saturated carbocycles. The molecule has 24 heavy (non-hydrogen) atoms. The lowest BCUT2D eigenvalue weighted by Gasteiger charge is -2.06. The molecule has 1 aromatic carbocycles. The van der Waals surface area contributed by atoms with Crippen LogP contribution in [-0.2, 0) is 6.42 Å². The van der Waals surface area contributed by atoms with Crippen LogP contribution in [0.15, 0.2) is 52.6 Å². The Balaban J connectivity index is 1.66. The molecule has 0 radical (unpaired) electrons. The molecule has 122 valence electrons. The number of carbonyl (C=O) groups excluding carboxylic acids is 1. The quantitative estimate of drug-likeness (QED) is 0.748. The van der Waals surface area contributed by atoms with Gasteiger partial charge in [-0.1, -0.05) is 18.2 Å². The fraction of sp³-hybridized carbons (Fsp3) is 0.118. The molecule has 2 aromatic heterocycles. The molecule has 0 unspecified atom stereocenters. The van der Waals surface area contributed by atoms with Crippen molar-refractivity contribution >= 4 is 17.2 Å². The third-order valence-corrected chi connectivity index (χ3v) is 4.28. The van der Waals surface area contributed by atoms with E-state index >= 15 is 0 Å². The maximum absolute atomic E-state index is 12.8. The van der Waals surface area contributed by atoms with Crippen molar-refractivity contribution in [2.45, 2.75) is 6.42 Å². The number of aromatic nitrogens is 2. The van der Waals surface area contributed by atoms with Gasteiger partial charge in [-0.05, 0) is 41.6 Å². The van der Waals surface area contributed by atoms with Gasteiger partial charge in [-0.25, -0.2) is 9.18 Å². The Kier molecular flexibility index (Phi) is 4.81. The molecule has 0 saturated heterocycles. The zero-order valence-corrected chi connectivity index (χ0v) is 13.4. The van der Waals surface area contributed by atoms with Crippen molar-refractivity contribution in [1.29, 1.82) is 0 Å². The lowest BCUT2D eigenvalue weighted by molar-refractivity contribution is 0.0948. The number of nitrogens with zero attached hydrogens (tertiary/aromatic N) is 1. The minimum atomic E-state index is -0.565. The third-order valence-electron chi connectivity index (χ3n) is 3.38. The summed E-state index contributed by atoms with van der Waals surface area (Å²) in [7, 11) is 0. The highest BCUT2D eigenvalue weighted by Crippen LogP contribution is 2.21. The van der Waals surface area contributed by atoms with Gasteiger partial charge in [0.15, 0.2) is 0 Å². The maximum atomic E-state index is 12.8. The number of H-pyrrole nitrogens is 1. The molecule has 0 aliphatic heterocycles. The fourth-order valence-corrected chi connectivity index (χ4v) is 2.90. The van der Waals surface area contributed by atoms with Crippen molar-refractivity contribution < 1.29 is 9.18 Å². The molecule has 2 N–H and O–H groups in total. The van der Waals surface area contributed by atoms with Crippen molar-refractivity contribution in [3.05, 3.63) is 75.4 Å². The van der Waals surface area contributed by atoms with Gasteiger partial charge in [-0.2, -0.15) is 4.98 Å². The van der Waals surface area contributed by atoms with E-state index in [4.69, 9.17) is 0 Å². The average molecular weight is 343 g/mol. The van der Waals surface area contributed by atoms with Crippen molar-refractivity contribution in [1.82, 2.24) is 15.3 Å². The van der Waals surface area contributed by atoms with Gasteiger partial charge in [-0.3, -0.25) is 4.79 Å². The number of nitrogens with one attached hydrogen (secondary N) is 2. The topological polar surface area (TPSA) is 74.8 Å². The Bertz CT molecular complexity index is 889. The number of hydrogen-bond acceptors (Lipinski definition) is 4. The van der Waals surface area contributed by atoms with E-state index in [1.165, 1.54) is 23.5 Å². The molecule has 0 bridgehead atoms. The van der Waals surface area contributed by atoms with E-state index in [1.54, 1.807) is 18.2 Å². The van der Waals surface area contributed by atoms with Crippen LogP contribution >= 0.6 is 11.3 Å². The Morgan fingerprint density at radius 2 is 2.04 bits per heavy atom. The van der Waals surface area contributed by atoms with Gasteiger partial charge in [-0.15, -0.1) is 11.3 Å². The van der Waals surface area contributed by atoms with E-state index in [1.807, 2.05) is 17.5 Å². The third kappa shape index (κ3) is 3.94. The molecule has 0 aliphatic carbocycles. The van der Waals surface area contributed by atoms with Crippen LogP contribution in [0.4, 0.5) is 4.39 Å². The summed E-state index contributed by atoms with van der Waals surface area (Å²) in [5.74, 6) is -0.711. The standard InChI is InChI=1S/C17H14FN3O2S/c18-12-5-3-11(4-6-12)7-8-19-16(22)14-10-13(20-17(23)21-14)15-2-1-9-24-15/h1-6,9-10H,7-8H2,(H,19,22)(H,20,21,23). The van der Waals surface area contributed by atoms with Crippen LogP contribution in [0.5, 0.6) is 0 Å². The molecule has 0 aliphatic rings. The van der Waals surface area contributed by atoms with E-state index in [2.05, 4.69) is 15.3 Å². The summed E-state index contributed by atoms with van der Waals surface area (Å²) in [4.78, 5) is 31.0. The molecular weight excluding hydrogens is 329 g/mol. The zero-order valence-electron chi connectivity index (χ0n) is 12.6. The van der Waals surface area contributed by atoms with Crippen molar-refractivity contribution in [3.8, 4) is 10.6 Å². The first-order chi connectivity index (χ1) is 11.6. The van der Waals surface area contributed by atoms with E-state index in [9.17, 15) is 14.0 Å². The Labute approximate surface area is 141 Å². The number of rotatable bonds is 5. The molecule has 3 aromatic rings. The second-order valence-electron chi connectivity index (χ2n) is 5.09. The smallest absolute Gasteiger partial charge is 0.346 e. The van der Waals surface area contributed by atoms with Gasteiger partial charge in [0.2, 0.25) is 0 Å². The van der Waals surface area contributed by atoms with Gasteiger partial charge in [0, 0.05) is 6.54 Å². The monoisotopic (exact) mass is 343 g/mol. The first-order valence-corrected chi connectivity index (χ1v) is 8.18. The minimum absolute atomic E-state index is 0.0706. The van der Waals surface area contributed by atoms with E-state index < -0.39 is 11.6 Å². The molecule has 3 rings (SSSR count). The summed E-state index contributed by atoms with van der Waals surface area (Å²) in [6.07, 6.45) is 0.562. The van der Waals surface area contributed by atoms with Crippen LogP contribution in [0.1, 0.15) is 16.1 Å². The van der Waals surface area contributed by atoms with Crippen LogP contribution in [-0.4, -0.2) is 22.4 Å². The number of hydrogen-bond donors (Lipinski definition) is 2. The predicted molar refractivity (Wildman–Crippen MR) is 90.6 cm³/mol. The highest BCUT2D eigenvalue weighted by molar-refractivity contribution is 7.13. The van der Waals surface area contributed by atoms with Crippen molar-refractivity contribution in [3.63, 3.8) is 0 Å². The Morgan fingerprint density at radius 3 is 2.75 bits per heavy atom. The summed E-state index contributed by atoms with van der Waals surface area (Å²) in [6, 6.07) is 11.4.